The summed E-state index contributed by atoms with van der Waals surface area (Å²) in [4.78, 5) is 23.5. The van der Waals surface area contributed by atoms with Gasteiger partial charge in [0.15, 0.2) is 5.65 Å². The van der Waals surface area contributed by atoms with Crippen molar-refractivity contribution in [3.8, 4) is 0 Å². The maximum Gasteiger partial charge on any atom is 0.327 e. The molecule has 0 aromatic carbocycles. The van der Waals surface area contributed by atoms with Gasteiger partial charge in [-0.2, -0.15) is 4.98 Å². The number of hydrogen-bond donors (Lipinski definition) is 2. The van der Waals surface area contributed by atoms with Gasteiger partial charge >= 0.3 is 5.69 Å². The number of fused-ring (bicyclic) bond motifs is 1. The molecule has 4 aliphatic rings. The van der Waals surface area contributed by atoms with E-state index in [0.717, 1.165) is 32.1 Å². The summed E-state index contributed by atoms with van der Waals surface area (Å²) in [6.45, 7) is 0. The van der Waals surface area contributed by atoms with Gasteiger partial charge in [-0.15, -0.1) is 0 Å². The summed E-state index contributed by atoms with van der Waals surface area (Å²) in [5, 5.41) is 10.9. The first kappa shape index (κ1) is 13.1. The molecule has 22 heavy (non-hydrogen) atoms. The summed E-state index contributed by atoms with van der Waals surface area (Å²) in [6.07, 6.45) is 6.28. The zero-order chi connectivity index (χ0) is 15.1. The molecule has 6 nitrogen and oxygen atoms in total. The monoisotopic (exact) mass is 320 g/mol. The maximum absolute atomic E-state index is 12.5. The maximum atomic E-state index is 12.5. The van der Waals surface area contributed by atoms with E-state index in [2.05, 4.69) is 15.0 Å². The number of nitrogens with one attached hydrogen (secondary N) is 1. The van der Waals surface area contributed by atoms with Crippen molar-refractivity contribution in [1.82, 2.24) is 19.5 Å². The minimum Gasteiger partial charge on any atom is -0.390 e. The second-order valence-electron chi connectivity index (χ2n) is 7.36. The molecule has 116 valence electrons. The van der Waals surface area contributed by atoms with Crippen LogP contribution >= 0.6 is 11.6 Å². The molecular weight excluding hydrogens is 304 g/mol. The number of aromatic nitrogens is 4. The van der Waals surface area contributed by atoms with E-state index >= 15 is 0 Å². The predicted molar refractivity (Wildman–Crippen MR) is 80.7 cm³/mol. The first-order chi connectivity index (χ1) is 10.5. The molecule has 5 atom stereocenters. The van der Waals surface area contributed by atoms with Crippen LogP contribution in [0.1, 0.15) is 38.1 Å². The minimum absolute atomic E-state index is 0.115. The van der Waals surface area contributed by atoms with E-state index in [4.69, 9.17) is 11.6 Å². The van der Waals surface area contributed by atoms with E-state index < -0.39 is 5.60 Å². The molecule has 0 aliphatic heterocycles. The van der Waals surface area contributed by atoms with Crippen LogP contribution in [-0.4, -0.2) is 30.2 Å². The Morgan fingerprint density at radius 2 is 2.05 bits per heavy atom. The van der Waals surface area contributed by atoms with E-state index in [1.807, 2.05) is 0 Å². The van der Waals surface area contributed by atoms with Crippen LogP contribution in [-0.2, 0) is 0 Å². The standard InChI is InChI=1S/C15H17ClN4O2/c16-13-17-6-10-12(19-13)20(14(21)18-10)11-8-1-7-2-9(11)5-15(22,3-7)4-8/h6-9,11,22H,1-5H2,(H,18,21)/t7?,8-,9?,11?,15?/m0/s1. The Labute approximate surface area is 131 Å². The molecule has 0 saturated heterocycles. The fourth-order valence-corrected chi connectivity index (χ4v) is 5.68. The van der Waals surface area contributed by atoms with Crippen LogP contribution < -0.4 is 5.69 Å². The number of hydrogen-bond acceptors (Lipinski definition) is 4. The van der Waals surface area contributed by atoms with Crippen LogP contribution in [0, 0.1) is 17.8 Å². The molecule has 2 aromatic heterocycles. The van der Waals surface area contributed by atoms with Gasteiger partial charge in [-0.1, -0.05) is 0 Å². The number of aromatic amines is 1. The Morgan fingerprint density at radius 1 is 1.32 bits per heavy atom. The SMILES string of the molecule is O=c1[nH]c2cnc(Cl)nc2n1C1C2CC3C[C@H]1CC(O)(C3)C2. The van der Waals surface area contributed by atoms with Crippen molar-refractivity contribution in [2.24, 2.45) is 17.8 Å². The molecule has 2 N–H and O–H groups in total. The normalized spacial score (nSPS) is 39.7. The van der Waals surface area contributed by atoms with Crippen molar-refractivity contribution in [3.05, 3.63) is 22.0 Å². The molecule has 0 spiro atoms. The summed E-state index contributed by atoms with van der Waals surface area (Å²) in [5.74, 6) is 1.31. The van der Waals surface area contributed by atoms with E-state index in [1.54, 1.807) is 10.8 Å². The van der Waals surface area contributed by atoms with Crippen LogP contribution in [0.5, 0.6) is 0 Å². The highest BCUT2D eigenvalue weighted by Crippen LogP contribution is 2.59. The largest absolute Gasteiger partial charge is 0.390 e. The van der Waals surface area contributed by atoms with Gasteiger partial charge in [0, 0.05) is 6.04 Å². The lowest BCUT2D eigenvalue weighted by Gasteiger charge is -2.58. The zero-order valence-electron chi connectivity index (χ0n) is 12.0. The van der Waals surface area contributed by atoms with Crippen molar-refractivity contribution in [2.45, 2.75) is 43.7 Å². The third-order valence-corrected chi connectivity index (χ3v) is 6.10. The molecule has 6 rings (SSSR count). The molecule has 4 saturated carbocycles. The van der Waals surface area contributed by atoms with Gasteiger partial charge in [0.25, 0.3) is 0 Å². The Balaban J connectivity index is 1.68. The first-order valence-electron chi connectivity index (χ1n) is 7.87. The molecule has 2 heterocycles. The quantitative estimate of drug-likeness (QED) is 0.786. The van der Waals surface area contributed by atoms with E-state index in [-0.39, 0.29) is 17.0 Å². The van der Waals surface area contributed by atoms with Crippen LogP contribution in [0.15, 0.2) is 11.0 Å². The minimum atomic E-state index is -0.505. The molecule has 7 heteroatoms. The number of imidazole rings is 1. The highest BCUT2D eigenvalue weighted by molar-refractivity contribution is 6.28. The average Bonchev–Trinajstić information content (AvgIpc) is 2.73. The molecule has 4 fully saturated rings. The molecular formula is C15H17ClN4O2. The second kappa shape index (κ2) is 4.11. The molecule has 4 unspecified atom stereocenters. The number of nitrogens with zero attached hydrogens (tertiary/aromatic N) is 3. The predicted octanol–water partition coefficient (Wildman–Crippen LogP) is 1.89. The number of rotatable bonds is 1. The zero-order valence-corrected chi connectivity index (χ0v) is 12.8. The van der Waals surface area contributed by atoms with E-state index in [1.165, 1.54) is 0 Å². The van der Waals surface area contributed by atoms with E-state index in [9.17, 15) is 9.90 Å². The van der Waals surface area contributed by atoms with Gasteiger partial charge in [0.1, 0.15) is 5.52 Å². The third-order valence-electron chi connectivity index (χ3n) is 5.92. The summed E-state index contributed by atoms with van der Waals surface area (Å²) in [5.41, 5.74) is 0.572. The van der Waals surface area contributed by atoms with Gasteiger partial charge in [-0.05, 0) is 61.5 Å². The molecule has 0 radical (unpaired) electrons. The summed E-state index contributed by atoms with van der Waals surface area (Å²) in [7, 11) is 0. The molecule has 4 bridgehead atoms. The molecule has 4 aliphatic carbocycles. The summed E-state index contributed by atoms with van der Waals surface area (Å²) < 4.78 is 1.78. The summed E-state index contributed by atoms with van der Waals surface area (Å²) in [6, 6.07) is 0.115. The van der Waals surface area contributed by atoms with Crippen LogP contribution in [0.3, 0.4) is 0 Å². The van der Waals surface area contributed by atoms with E-state index in [0.29, 0.717) is 28.9 Å². The van der Waals surface area contributed by atoms with Crippen molar-refractivity contribution in [1.29, 1.82) is 0 Å². The van der Waals surface area contributed by atoms with Crippen LogP contribution in [0.2, 0.25) is 5.28 Å². The lowest BCUT2D eigenvalue weighted by Crippen LogP contribution is -2.55. The third kappa shape index (κ3) is 1.68. The Morgan fingerprint density at radius 3 is 2.73 bits per heavy atom. The molecule has 2 aromatic rings. The van der Waals surface area contributed by atoms with Crippen molar-refractivity contribution < 1.29 is 5.11 Å². The van der Waals surface area contributed by atoms with Crippen molar-refractivity contribution >= 4 is 22.8 Å². The van der Waals surface area contributed by atoms with Gasteiger partial charge < -0.3 is 10.1 Å². The fraction of sp³-hybridized carbons (Fsp3) is 0.667. The molecule has 0 amide bonds. The average molecular weight is 321 g/mol. The highest BCUT2D eigenvalue weighted by Gasteiger charge is 2.55. The lowest BCUT2D eigenvalue weighted by molar-refractivity contribution is -0.146. The lowest BCUT2D eigenvalue weighted by atomic mass is 9.52. The second-order valence-corrected chi connectivity index (χ2v) is 7.70. The Kier molecular flexibility index (Phi) is 2.45. The van der Waals surface area contributed by atoms with Gasteiger partial charge in [-0.25, -0.2) is 9.78 Å². The Bertz CT molecular complexity index is 813. The van der Waals surface area contributed by atoms with Gasteiger partial charge in [0.05, 0.1) is 11.8 Å². The van der Waals surface area contributed by atoms with Crippen LogP contribution in [0.4, 0.5) is 0 Å². The van der Waals surface area contributed by atoms with Gasteiger partial charge in [-0.3, -0.25) is 4.57 Å². The fourth-order valence-electron chi connectivity index (χ4n) is 5.55. The Hall–Kier alpha value is -1.40. The van der Waals surface area contributed by atoms with Crippen molar-refractivity contribution in [3.63, 3.8) is 0 Å². The van der Waals surface area contributed by atoms with Crippen molar-refractivity contribution in [2.75, 3.05) is 0 Å². The van der Waals surface area contributed by atoms with Gasteiger partial charge in [0.2, 0.25) is 5.28 Å². The highest BCUT2D eigenvalue weighted by atomic mass is 35.5. The number of aliphatic hydroxyl groups is 1. The first-order valence-corrected chi connectivity index (χ1v) is 8.25. The number of halogens is 1. The smallest absolute Gasteiger partial charge is 0.327 e. The number of H-pyrrole nitrogens is 1. The summed E-state index contributed by atoms with van der Waals surface area (Å²) >= 11 is 5.92. The van der Waals surface area contributed by atoms with Crippen LogP contribution in [0.25, 0.3) is 11.2 Å². The topological polar surface area (TPSA) is 83.8 Å².